The molecule has 2 aromatic rings. The van der Waals surface area contributed by atoms with E-state index in [2.05, 4.69) is 36.9 Å². The van der Waals surface area contributed by atoms with E-state index in [0.29, 0.717) is 0 Å². The van der Waals surface area contributed by atoms with Crippen LogP contribution in [0.3, 0.4) is 0 Å². The van der Waals surface area contributed by atoms with Crippen LogP contribution in [-0.4, -0.2) is 5.62 Å². The lowest BCUT2D eigenvalue weighted by Gasteiger charge is -2.30. The second kappa shape index (κ2) is 4.68. The molecule has 2 aliphatic carbocycles. The topological polar surface area (TPSA) is 17.1 Å². The number of benzene rings is 2. The third-order valence-electron chi connectivity index (χ3n) is 4.32. The van der Waals surface area contributed by atoms with Gasteiger partial charge in [0.2, 0.25) is 0 Å². The zero-order valence-corrected chi connectivity index (χ0v) is 12.7. The van der Waals surface area contributed by atoms with Crippen LogP contribution in [-0.2, 0) is 30.5 Å². The second-order valence-electron chi connectivity index (χ2n) is 5.47. The summed E-state index contributed by atoms with van der Waals surface area (Å²) in [5.41, 5.74) is 9.52. The van der Waals surface area contributed by atoms with Gasteiger partial charge >= 0.3 is 0 Å². The Morgan fingerprint density at radius 2 is 1.30 bits per heavy atom. The first-order chi connectivity index (χ1) is 9.76. The Kier molecular flexibility index (Phi) is 2.93. The highest BCUT2D eigenvalue weighted by Gasteiger charge is 2.26. The van der Waals surface area contributed by atoms with Crippen LogP contribution in [0.1, 0.15) is 22.3 Å². The molecular weight excluding hydrogens is 284 g/mol. The molecule has 0 unspecified atom stereocenters. The molecule has 2 aromatic carbocycles. The summed E-state index contributed by atoms with van der Waals surface area (Å²) < 4.78 is 0. The van der Waals surface area contributed by atoms with Crippen molar-refractivity contribution < 1.29 is 4.79 Å². The van der Waals surface area contributed by atoms with E-state index in [1.165, 1.54) is 45.1 Å². The second-order valence-corrected chi connectivity index (χ2v) is 6.89. The molecule has 0 heterocycles. The maximum Gasteiger partial charge on any atom is 0.180 e. The highest BCUT2D eigenvalue weighted by molar-refractivity contribution is 8.11. The molecule has 0 radical (unpaired) electrons. The van der Waals surface area contributed by atoms with Crippen LogP contribution in [0.4, 0.5) is 0 Å². The van der Waals surface area contributed by atoms with Crippen molar-refractivity contribution in [3.63, 3.8) is 0 Å². The van der Waals surface area contributed by atoms with Crippen LogP contribution in [0.5, 0.6) is 0 Å². The quantitative estimate of drug-likeness (QED) is 0.510. The largest absolute Gasteiger partial charge is 0.291 e. The number of thiol groups is 1. The van der Waals surface area contributed by atoms with Gasteiger partial charge in [-0.2, -0.15) is 0 Å². The molecule has 0 saturated heterocycles. The molecule has 100 valence electrons. The van der Waals surface area contributed by atoms with E-state index < -0.39 is 0 Å². The molecule has 0 amide bonds. The Balaban J connectivity index is 1.99. The summed E-state index contributed by atoms with van der Waals surface area (Å²) in [5.74, 6) is 0. The number of aryl methyl sites for hydroxylation is 4. The van der Waals surface area contributed by atoms with E-state index >= 15 is 0 Å². The predicted molar refractivity (Wildman–Crippen MR) is 86.6 cm³/mol. The van der Waals surface area contributed by atoms with Gasteiger partial charge in [-0.1, -0.05) is 11.8 Å². The van der Waals surface area contributed by atoms with Gasteiger partial charge in [-0.3, -0.25) is 4.79 Å². The SMILES string of the molecule is O=CSc1cc2c3c(c1)CCc1cc(S)cc(c1-3)CC2. The lowest BCUT2D eigenvalue weighted by molar-refractivity contribution is 0.570. The highest BCUT2D eigenvalue weighted by atomic mass is 32.2. The fourth-order valence-corrected chi connectivity index (χ4v) is 4.42. The molecule has 2 aliphatic rings. The molecule has 0 fully saturated rings. The summed E-state index contributed by atoms with van der Waals surface area (Å²) in [7, 11) is 0. The smallest absolute Gasteiger partial charge is 0.180 e. The molecule has 0 aliphatic heterocycles. The van der Waals surface area contributed by atoms with Crippen LogP contribution in [0.25, 0.3) is 11.1 Å². The summed E-state index contributed by atoms with van der Waals surface area (Å²) in [6.07, 6.45) is 4.30. The van der Waals surface area contributed by atoms with Crippen molar-refractivity contribution in [2.75, 3.05) is 0 Å². The summed E-state index contributed by atoms with van der Waals surface area (Å²) in [6, 6.07) is 8.83. The van der Waals surface area contributed by atoms with Crippen molar-refractivity contribution >= 4 is 30.0 Å². The lowest BCUT2D eigenvalue weighted by Crippen LogP contribution is -2.14. The number of thioether (sulfide) groups is 1. The molecule has 0 aromatic heterocycles. The van der Waals surface area contributed by atoms with Gasteiger partial charge in [-0.15, -0.1) is 12.6 Å². The number of carbonyl (C=O) groups excluding carboxylic acids is 1. The van der Waals surface area contributed by atoms with Crippen molar-refractivity contribution in [1.82, 2.24) is 0 Å². The first kappa shape index (κ1) is 12.5. The third kappa shape index (κ3) is 1.84. The van der Waals surface area contributed by atoms with E-state index in [4.69, 9.17) is 0 Å². The number of hydrogen-bond acceptors (Lipinski definition) is 3. The van der Waals surface area contributed by atoms with E-state index in [-0.39, 0.29) is 0 Å². The minimum Gasteiger partial charge on any atom is -0.291 e. The van der Waals surface area contributed by atoms with Crippen LogP contribution >= 0.6 is 24.4 Å². The van der Waals surface area contributed by atoms with Gasteiger partial charge < -0.3 is 0 Å². The Morgan fingerprint density at radius 3 is 1.75 bits per heavy atom. The van der Waals surface area contributed by atoms with Crippen LogP contribution in [0, 0.1) is 0 Å². The molecular formula is C17H14OS2. The van der Waals surface area contributed by atoms with Crippen LogP contribution < -0.4 is 0 Å². The normalized spacial score (nSPS) is 14.8. The average Bonchev–Trinajstić information content (AvgIpc) is 2.44. The monoisotopic (exact) mass is 298 g/mol. The standard InChI is InChI=1S/C17H14OS2/c18-9-20-15-7-12-3-1-10-5-14(19)6-11-2-4-13(8-15)17(12)16(10)11/h5-9,19H,1-4H2. The van der Waals surface area contributed by atoms with Crippen molar-refractivity contribution in [2.24, 2.45) is 0 Å². The fourth-order valence-electron chi connectivity index (χ4n) is 3.58. The maximum atomic E-state index is 10.7. The molecule has 0 N–H and O–H groups in total. The average molecular weight is 298 g/mol. The molecule has 0 saturated carbocycles. The zero-order chi connectivity index (χ0) is 13.7. The Morgan fingerprint density at radius 1 is 0.850 bits per heavy atom. The van der Waals surface area contributed by atoms with Gasteiger partial charge in [-0.05, 0) is 83.3 Å². The predicted octanol–water partition coefficient (Wildman–Crippen LogP) is 4.12. The van der Waals surface area contributed by atoms with Gasteiger partial charge in [0, 0.05) is 9.79 Å². The Labute approximate surface area is 128 Å². The van der Waals surface area contributed by atoms with Crippen molar-refractivity contribution in [3.05, 3.63) is 46.5 Å². The van der Waals surface area contributed by atoms with Crippen molar-refractivity contribution in [2.45, 2.75) is 35.5 Å². The first-order valence-electron chi connectivity index (χ1n) is 6.87. The van der Waals surface area contributed by atoms with Crippen LogP contribution in [0.15, 0.2) is 34.1 Å². The van der Waals surface area contributed by atoms with Gasteiger partial charge in [0.1, 0.15) is 0 Å². The Hall–Kier alpha value is -1.19. The molecule has 0 spiro atoms. The van der Waals surface area contributed by atoms with Gasteiger partial charge in [0.25, 0.3) is 0 Å². The minimum atomic E-state index is 0.923. The zero-order valence-electron chi connectivity index (χ0n) is 11.0. The summed E-state index contributed by atoms with van der Waals surface area (Å²) in [5, 5.41) is 0. The van der Waals surface area contributed by atoms with Gasteiger partial charge in [0.05, 0.1) is 0 Å². The van der Waals surface area contributed by atoms with Crippen molar-refractivity contribution in [1.29, 1.82) is 0 Å². The van der Waals surface area contributed by atoms with E-state index in [0.717, 1.165) is 41.1 Å². The lowest BCUT2D eigenvalue weighted by atomic mass is 9.75. The van der Waals surface area contributed by atoms with E-state index in [1.807, 2.05) is 0 Å². The number of carbonyl (C=O) groups is 1. The molecule has 0 bridgehead atoms. The first-order valence-corrected chi connectivity index (χ1v) is 8.20. The molecule has 4 rings (SSSR count). The number of rotatable bonds is 2. The van der Waals surface area contributed by atoms with Gasteiger partial charge in [-0.25, -0.2) is 0 Å². The van der Waals surface area contributed by atoms with Crippen molar-refractivity contribution in [3.8, 4) is 11.1 Å². The Bertz CT molecular complexity index is 684. The molecule has 3 heteroatoms. The van der Waals surface area contributed by atoms with E-state index in [1.54, 1.807) is 0 Å². The third-order valence-corrected chi connectivity index (χ3v) is 5.19. The summed E-state index contributed by atoms with van der Waals surface area (Å²) in [4.78, 5) is 12.9. The maximum absolute atomic E-state index is 10.7. The van der Waals surface area contributed by atoms with Crippen LogP contribution in [0.2, 0.25) is 0 Å². The highest BCUT2D eigenvalue weighted by Crippen LogP contribution is 2.44. The van der Waals surface area contributed by atoms with Gasteiger partial charge in [0.15, 0.2) is 5.62 Å². The molecule has 20 heavy (non-hydrogen) atoms. The molecule has 0 atom stereocenters. The number of hydrogen-bond donors (Lipinski definition) is 1. The summed E-state index contributed by atoms with van der Waals surface area (Å²) in [6.45, 7) is 0. The fraction of sp³-hybridized carbons (Fsp3) is 0.235. The summed E-state index contributed by atoms with van der Waals surface area (Å²) >= 11 is 5.82. The van der Waals surface area contributed by atoms with E-state index in [9.17, 15) is 4.79 Å². The molecule has 1 nitrogen and oxygen atoms in total. The minimum absolute atomic E-state index is 0.923.